The molecule has 0 radical (unpaired) electrons. The number of anilines is 1. The Morgan fingerprint density at radius 1 is 1.14 bits per heavy atom. The summed E-state index contributed by atoms with van der Waals surface area (Å²) in [6, 6.07) is 10.9. The summed E-state index contributed by atoms with van der Waals surface area (Å²) in [5, 5.41) is 12.5. The fourth-order valence-electron chi connectivity index (χ4n) is 3.82. The number of benzene rings is 2. The zero-order valence-electron chi connectivity index (χ0n) is 21.8. The molecule has 3 rings (SSSR count). The largest absolute Gasteiger partial charge is 0.496 e. The molecule has 198 valence electrons. The Kier molecular flexibility index (Phi) is 10.4. The van der Waals surface area contributed by atoms with Crippen LogP contribution in [0.25, 0.3) is 0 Å². The van der Waals surface area contributed by atoms with Gasteiger partial charge in [-0.3, -0.25) is 4.79 Å². The minimum Gasteiger partial charge on any atom is -0.496 e. The van der Waals surface area contributed by atoms with Gasteiger partial charge in [-0.15, -0.1) is 10.2 Å². The van der Waals surface area contributed by atoms with Crippen molar-refractivity contribution in [2.45, 2.75) is 64.8 Å². The summed E-state index contributed by atoms with van der Waals surface area (Å²) in [5.74, 6) is 1.18. The molecule has 0 spiro atoms. The Labute approximate surface area is 227 Å². The average molecular weight is 545 g/mol. The van der Waals surface area contributed by atoms with Crippen LogP contribution in [0.4, 0.5) is 5.69 Å². The van der Waals surface area contributed by atoms with E-state index in [1.165, 1.54) is 23.4 Å². The molecular weight excluding hydrogens is 512 g/mol. The highest BCUT2D eigenvalue weighted by molar-refractivity contribution is 7.99. The molecule has 0 bridgehead atoms. The van der Waals surface area contributed by atoms with Crippen molar-refractivity contribution >= 4 is 40.9 Å². The van der Waals surface area contributed by atoms with Crippen LogP contribution >= 0.6 is 23.4 Å². The molecule has 0 saturated heterocycles. The summed E-state index contributed by atoms with van der Waals surface area (Å²) in [4.78, 5) is 24.8. The third-order valence-electron chi connectivity index (χ3n) is 5.59. The zero-order valence-corrected chi connectivity index (χ0v) is 23.4. The van der Waals surface area contributed by atoms with E-state index in [1.807, 2.05) is 24.5 Å². The number of carbonyl (C=O) groups is 2. The summed E-state index contributed by atoms with van der Waals surface area (Å²) in [6.07, 6.45) is 2.40. The van der Waals surface area contributed by atoms with Gasteiger partial charge in [0.1, 0.15) is 11.6 Å². The maximum atomic E-state index is 12.6. The first kappa shape index (κ1) is 28.5. The van der Waals surface area contributed by atoms with Crippen LogP contribution in [0.3, 0.4) is 0 Å². The Morgan fingerprint density at radius 3 is 2.59 bits per heavy atom. The smallest absolute Gasteiger partial charge is 0.338 e. The molecule has 37 heavy (non-hydrogen) atoms. The van der Waals surface area contributed by atoms with Gasteiger partial charge in [0.05, 0.1) is 35.2 Å². The van der Waals surface area contributed by atoms with E-state index in [4.69, 9.17) is 21.1 Å². The molecule has 0 saturated carbocycles. The van der Waals surface area contributed by atoms with Crippen molar-refractivity contribution in [1.29, 1.82) is 0 Å². The molecule has 1 aromatic heterocycles. The van der Waals surface area contributed by atoms with Crippen LogP contribution in [-0.2, 0) is 28.9 Å². The number of amides is 1. The number of aromatic nitrogens is 3. The molecule has 10 heteroatoms. The molecule has 1 heterocycles. The van der Waals surface area contributed by atoms with Crippen molar-refractivity contribution in [2.75, 3.05) is 18.2 Å². The fourth-order valence-corrected chi connectivity index (χ4v) is 4.81. The maximum Gasteiger partial charge on any atom is 0.338 e. The second kappa shape index (κ2) is 13.5. The number of hydrogen-bond acceptors (Lipinski definition) is 7. The molecule has 0 fully saturated rings. The number of nitrogens with zero attached hydrogens (tertiary/aromatic N) is 3. The lowest BCUT2D eigenvalue weighted by Crippen LogP contribution is -2.16. The van der Waals surface area contributed by atoms with Gasteiger partial charge < -0.3 is 19.4 Å². The van der Waals surface area contributed by atoms with Crippen LogP contribution in [-0.4, -0.2) is 45.6 Å². The van der Waals surface area contributed by atoms with E-state index in [9.17, 15) is 9.59 Å². The Hall–Kier alpha value is -3.04. The lowest BCUT2D eigenvalue weighted by molar-refractivity contribution is -0.113. The van der Waals surface area contributed by atoms with Gasteiger partial charge in [0.2, 0.25) is 5.91 Å². The van der Waals surface area contributed by atoms with E-state index < -0.39 is 5.97 Å². The first-order valence-corrected chi connectivity index (χ1v) is 13.6. The maximum absolute atomic E-state index is 12.6. The van der Waals surface area contributed by atoms with Crippen LogP contribution in [0.5, 0.6) is 5.75 Å². The third kappa shape index (κ3) is 7.97. The van der Waals surface area contributed by atoms with E-state index in [0.717, 1.165) is 36.4 Å². The number of carbonyl (C=O) groups excluding carboxylic acids is 2. The van der Waals surface area contributed by atoms with Crippen LogP contribution in [0.15, 0.2) is 41.6 Å². The highest BCUT2D eigenvalue weighted by atomic mass is 35.5. The summed E-state index contributed by atoms with van der Waals surface area (Å²) < 4.78 is 12.6. The van der Waals surface area contributed by atoms with Crippen molar-refractivity contribution < 1.29 is 19.1 Å². The van der Waals surface area contributed by atoms with Crippen LogP contribution < -0.4 is 10.1 Å². The number of methoxy groups -OCH3 is 1. The first-order valence-electron chi connectivity index (χ1n) is 12.2. The molecule has 1 amide bonds. The Balaban J connectivity index is 1.56. The van der Waals surface area contributed by atoms with Gasteiger partial charge in [0.25, 0.3) is 0 Å². The van der Waals surface area contributed by atoms with Gasteiger partial charge in [-0.25, -0.2) is 4.79 Å². The topological polar surface area (TPSA) is 95.3 Å². The molecule has 3 aromatic rings. The van der Waals surface area contributed by atoms with Crippen LogP contribution in [0, 0.1) is 6.92 Å². The molecule has 0 aliphatic rings. The predicted octanol–water partition coefficient (Wildman–Crippen LogP) is 5.74. The normalized spacial score (nSPS) is 11.0. The molecular formula is C27H33ClN4O4S. The SMILES string of the molecule is CCn1c(CCCc2ccc(OC)c(C)c2)nnc1SCC(=O)Nc1cc(C(=O)OC(C)C)ccc1Cl. The highest BCUT2D eigenvalue weighted by Gasteiger charge is 2.16. The lowest BCUT2D eigenvalue weighted by Gasteiger charge is -2.11. The van der Waals surface area contributed by atoms with E-state index >= 15 is 0 Å². The van der Waals surface area contributed by atoms with E-state index in [0.29, 0.717) is 28.0 Å². The quantitative estimate of drug-likeness (QED) is 0.229. The summed E-state index contributed by atoms with van der Waals surface area (Å²) in [7, 11) is 1.68. The third-order valence-corrected chi connectivity index (χ3v) is 6.88. The minimum atomic E-state index is -0.470. The van der Waals surface area contributed by atoms with Gasteiger partial charge in [-0.1, -0.05) is 35.5 Å². The van der Waals surface area contributed by atoms with E-state index in [1.54, 1.807) is 33.1 Å². The van der Waals surface area contributed by atoms with Crippen LogP contribution in [0.2, 0.25) is 5.02 Å². The summed E-state index contributed by atoms with van der Waals surface area (Å²) >= 11 is 7.54. The van der Waals surface area contributed by atoms with E-state index in [2.05, 4.69) is 27.6 Å². The number of rotatable bonds is 12. The lowest BCUT2D eigenvalue weighted by atomic mass is 10.0. The van der Waals surface area contributed by atoms with Gasteiger partial charge in [-0.05, 0) is 75.9 Å². The Bertz CT molecular complexity index is 1250. The number of nitrogens with one attached hydrogen (secondary N) is 1. The number of ether oxygens (including phenoxy) is 2. The number of halogens is 1. The highest BCUT2D eigenvalue weighted by Crippen LogP contribution is 2.25. The molecule has 0 aliphatic carbocycles. The van der Waals surface area contributed by atoms with Crippen molar-refractivity contribution in [3.05, 3.63) is 63.9 Å². The minimum absolute atomic E-state index is 0.125. The molecule has 0 atom stereocenters. The van der Waals surface area contributed by atoms with Gasteiger partial charge in [0, 0.05) is 13.0 Å². The van der Waals surface area contributed by atoms with Crippen molar-refractivity contribution in [3.8, 4) is 5.75 Å². The molecule has 8 nitrogen and oxygen atoms in total. The summed E-state index contributed by atoms with van der Waals surface area (Å²) in [5.41, 5.74) is 3.06. The summed E-state index contributed by atoms with van der Waals surface area (Å²) in [6.45, 7) is 8.33. The standard InChI is InChI=1S/C27H33ClN4O4S/c1-6-32-24(9-7-8-19-10-13-23(35-5)18(4)14-19)30-31-27(32)37-16-25(33)29-22-15-20(11-12-21(22)28)26(34)36-17(2)3/h10-15,17H,6-9,16H2,1-5H3,(H,29,33). The van der Waals surface area contributed by atoms with Crippen molar-refractivity contribution in [3.63, 3.8) is 0 Å². The number of hydrogen-bond donors (Lipinski definition) is 1. The second-order valence-electron chi connectivity index (χ2n) is 8.79. The molecule has 1 N–H and O–H groups in total. The van der Waals surface area contributed by atoms with E-state index in [-0.39, 0.29) is 17.8 Å². The van der Waals surface area contributed by atoms with Gasteiger partial charge >= 0.3 is 5.97 Å². The molecule has 2 aromatic carbocycles. The van der Waals surface area contributed by atoms with Gasteiger partial charge in [-0.2, -0.15) is 0 Å². The monoisotopic (exact) mass is 544 g/mol. The fraction of sp³-hybridized carbons (Fsp3) is 0.407. The average Bonchev–Trinajstić information content (AvgIpc) is 3.25. The number of aryl methyl sites for hydroxylation is 3. The number of thioether (sulfide) groups is 1. The van der Waals surface area contributed by atoms with Crippen LogP contribution in [0.1, 0.15) is 54.5 Å². The van der Waals surface area contributed by atoms with Crippen molar-refractivity contribution in [1.82, 2.24) is 14.8 Å². The predicted molar refractivity (Wildman–Crippen MR) is 147 cm³/mol. The second-order valence-corrected chi connectivity index (χ2v) is 10.1. The molecule has 0 unspecified atom stereocenters. The zero-order chi connectivity index (χ0) is 26.9. The Morgan fingerprint density at radius 2 is 1.92 bits per heavy atom. The number of esters is 1. The first-order chi connectivity index (χ1) is 17.7. The van der Waals surface area contributed by atoms with Crippen molar-refractivity contribution in [2.24, 2.45) is 0 Å². The molecule has 0 aliphatic heterocycles. The van der Waals surface area contributed by atoms with Gasteiger partial charge in [0.15, 0.2) is 5.16 Å².